The number of rotatable bonds is 14. The smallest absolute Gasteiger partial charge is 0.410 e. The summed E-state index contributed by atoms with van der Waals surface area (Å²) in [7, 11) is -20.0. The van der Waals surface area contributed by atoms with Gasteiger partial charge in [-0.15, -0.1) is 10.2 Å². The third-order valence-electron chi connectivity index (χ3n) is 14.4. The number of carbonyl (C=O) groups excluding carboxylic acids is 3. The molecule has 3 amide bonds. The second-order valence-electron chi connectivity index (χ2n) is 22.0. The van der Waals surface area contributed by atoms with Gasteiger partial charge in [-0.3, -0.25) is 19.2 Å². The lowest BCUT2D eigenvalue weighted by atomic mass is 10.1. The fourth-order valence-electron chi connectivity index (χ4n) is 10.3. The summed E-state index contributed by atoms with van der Waals surface area (Å²) in [5, 5.41) is 15.5. The number of carbonyl (C=O) groups is 3. The Labute approximate surface area is 511 Å². The van der Waals surface area contributed by atoms with E-state index < -0.39 is 88.0 Å². The van der Waals surface area contributed by atoms with Crippen LogP contribution >= 0.6 is 43.6 Å². The Morgan fingerprint density at radius 3 is 1.38 bits per heavy atom. The van der Waals surface area contributed by atoms with Gasteiger partial charge >= 0.3 is 26.5 Å². The van der Waals surface area contributed by atoms with Gasteiger partial charge in [0, 0.05) is 52.4 Å². The molecule has 4 aliphatic rings. The lowest BCUT2D eigenvalue weighted by Crippen LogP contribution is -2.51. The largest absolute Gasteiger partial charge is 0.444 e. The van der Waals surface area contributed by atoms with Crippen molar-refractivity contribution >= 4 is 107 Å². The minimum absolute atomic E-state index is 0.0351. The monoisotopic (exact) mass is 1350 g/mol. The van der Waals surface area contributed by atoms with E-state index in [1.807, 2.05) is 17.9 Å². The Morgan fingerprint density at radius 2 is 1.03 bits per heavy atom. The van der Waals surface area contributed by atoms with Crippen LogP contribution in [0.3, 0.4) is 0 Å². The normalized spacial score (nSPS) is 17.8. The molecule has 0 aliphatic carbocycles. The Bertz CT molecular complexity index is 4000. The maximum atomic E-state index is 14.0. The van der Waals surface area contributed by atoms with Gasteiger partial charge in [0.05, 0.1) is 59.2 Å². The Morgan fingerprint density at radius 1 is 0.629 bits per heavy atom. The minimum Gasteiger partial charge on any atom is -0.444 e. The van der Waals surface area contributed by atoms with Crippen molar-refractivity contribution in [3.63, 3.8) is 0 Å². The molecule has 488 valence electrons. The second kappa shape index (κ2) is 23.3. The summed E-state index contributed by atoms with van der Waals surface area (Å²) in [6.45, 7) is 12.9. The number of amides is 3. The number of hydrogen-bond acceptors (Lipinski definition) is 15. The summed E-state index contributed by atoms with van der Waals surface area (Å²) in [5.41, 5.74) is 0.866. The fraction of sp³-hybridized carbons (Fsp3) is 0.453. The van der Waals surface area contributed by atoms with Crippen LogP contribution in [-0.2, 0) is 49.7 Å². The van der Waals surface area contributed by atoms with Crippen LogP contribution in [0.15, 0.2) is 67.9 Å². The molecule has 4 aromatic heterocycles. The predicted octanol–water partition coefficient (Wildman–Crippen LogP) is 10.9. The molecule has 22 nitrogen and oxygen atoms in total. The Hall–Kier alpha value is -7.11. The summed E-state index contributed by atoms with van der Waals surface area (Å²) in [6.07, 6.45) is 4.73. The van der Waals surface area contributed by atoms with E-state index in [4.69, 9.17) is 37.4 Å². The van der Waals surface area contributed by atoms with Crippen molar-refractivity contribution in [2.24, 2.45) is 0 Å². The van der Waals surface area contributed by atoms with E-state index in [2.05, 4.69) is 36.1 Å². The van der Waals surface area contributed by atoms with Gasteiger partial charge in [0.15, 0.2) is 11.6 Å². The van der Waals surface area contributed by atoms with Crippen LogP contribution in [0.1, 0.15) is 70.5 Å². The first-order valence-electron chi connectivity index (χ1n) is 27.8. The topological polar surface area (TPSA) is 229 Å². The third kappa shape index (κ3) is 15.2. The molecular formula is C53H62Cl2F10N14O8S2. The maximum Gasteiger partial charge on any atom is 0.410 e. The number of anilines is 4. The highest BCUT2D eigenvalue weighted by atomic mass is 35.5. The van der Waals surface area contributed by atoms with Crippen molar-refractivity contribution in [1.82, 2.24) is 48.5 Å². The van der Waals surface area contributed by atoms with Crippen LogP contribution in [0, 0.1) is 0 Å². The highest BCUT2D eigenvalue weighted by molar-refractivity contribution is 8.46. The average molecular weight is 1350 g/mol. The minimum atomic E-state index is -10.0. The van der Waals surface area contributed by atoms with Gasteiger partial charge in [-0.1, -0.05) is 88.1 Å². The van der Waals surface area contributed by atoms with Gasteiger partial charge in [0.25, 0.3) is 11.1 Å². The van der Waals surface area contributed by atoms with Gasteiger partial charge in [0.1, 0.15) is 39.9 Å². The van der Waals surface area contributed by atoms with Crippen LogP contribution in [0.5, 0.6) is 0 Å². The summed E-state index contributed by atoms with van der Waals surface area (Å²) in [6, 6.07) is 1.80. The number of nitrogens with zero attached hydrogens (tertiary/aromatic N) is 11. The standard InChI is InChI=1S/C29H35ClF5N7O5S.C24H27ClF5N7O3S/c1-5-22-24(39-10-12-40(13-11-39)28(45)47-29(2,3)4)26(44)42-27(37-25(38-42)18-8-14-46-15-9-18)41(22)17-23(43)36-21-7-6-19(16-20(21)30)48(31,32,33,34)35;1-2-19-21(35-9-7-31-8-10-35)23(39)37-24(33-22(34-37)15-5-11-40-12-6-15)36(19)14-20(38)32-18-4-3-16(13-17(18)25)41(26,27,28,29)30/h6-8,16H,5,9-15,17H2,1-4H3,(H,36,43);3-5,13,31H,2,6-12,14H2,1H3,(H,32,38). The van der Waals surface area contributed by atoms with Crippen LogP contribution in [-0.4, -0.2) is 146 Å². The first-order chi connectivity index (χ1) is 41.3. The number of benzene rings is 2. The van der Waals surface area contributed by atoms with Crippen molar-refractivity contribution < 1.29 is 67.5 Å². The zero-order valence-corrected chi connectivity index (χ0v) is 51.5. The molecule has 6 aromatic rings. The molecule has 0 unspecified atom stereocenters. The van der Waals surface area contributed by atoms with Gasteiger partial charge in [-0.25, -0.2) is 4.79 Å². The number of aromatic nitrogens is 8. The number of halogens is 12. The van der Waals surface area contributed by atoms with Crippen molar-refractivity contribution in [3.8, 4) is 0 Å². The van der Waals surface area contributed by atoms with Gasteiger partial charge in [-0.2, -0.15) is 19.0 Å². The molecule has 2 fully saturated rings. The number of piperazine rings is 2. The summed E-state index contributed by atoms with van der Waals surface area (Å²) in [5.74, 6) is -0.804. The fourth-order valence-corrected chi connectivity index (χ4v) is 12.2. The SMILES string of the molecule is CCc1c(N2CCN(C(=O)OC(C)(C)C)CC2)c(=O)n2nc(C3=CCOCC3)nc2n1CC(=O)Nc1ccc(S(F)(F)(F)(F)F)cc1Cl.CCc1c(N2CCNCC2)c(=O)n2nc(C3=CCOCC3)nc2n1CC(=O)Nc1ccc(S(F)(F)(F)(F)F)cc1Cl. The zero-order chi connectivity index (χ0) is 64.9. The lowest BCUT2D eigenvalue weighted by molar-refractivity contribution is -0.117. The summed E-state index contributed by atoms with van der Waals surface area (Å²) >= 11 is 11.8. The average Bonchev–Trinajstić information content (AvgIpc) is 1.13. The number of nitrogens with one attached hydrogen (secondary N) is 3. The molecule has 0 saturated carbocycles. The molecule has 89 heavy (non-hydrogen) atoms. The third-order valence-corrected chi connectivity index (χ3v) is 17.3. The molecule has 0 spiro atoms. The Kier molecular flexibility index (Phi) is 17.4. The summed E-state index contributed by atoms with van der Waals surface area (Å²) < 4.78 is 154. The molecule has 2 saturated heterocycles. The lowest BCUT2D eigenvalue weighted by Gasteiger charge is -2.40. The van der Waals surface area contributed by atoms with Crippen molar-refractivity contribution in [2.75, 3.05) is 99.2 Å². The Balaban J connectivity index is 0.000000214. The molecular weight excluding hydrogens is 1290 g/mol. The molecule has 4 aliphatic heterocycles. The summed E-state index contributed by atoms with van der Waals surface area (Å²) in [4.78, 5) is 77.0. The van der Waals surface area contributed by atoms with Crippen LogP contribution < -0.4 is 36.9 Å². The van der Waals surface area contributed by atoms with E-state index in [1.165, 1.54) is 14.0 Å². The van der Waals surface area contributed by atoms with Gasteiger partial charge in [-0.05, 0) is 94.0 Å². The highest BCUT2D eigenvalue weighted by Crippen LogP contribution is 3.03. The predicted molar refractivity (Wildman–Crippen MR) is 318 cm³/mol. The first-order valence-corrected chi connectivity index (χ1v) is 32.4. The van der Waals surface area contributed by atoms with Gasteiger partial charge < -0.3 is 54.0 Å². The molecule has 0 radical (unpaired) electrons. The van der Waals surface area contributed by atoms with E-state index in [9.17, 15) is 62.8 Å². The van der Waals surface area contributed by atoms with E-state index in [0.29, 0.717) is 107 Å². The number of fused-ring (bicyclic) bond motifs is 2. The molecule has 0 bridgehead atoms. The van der Waals surface area contributed by atoms with Crippen molar-refractivity contribution in [2.45, 2.75) is 88.8 Å². The molecule has 36 heteroatoms. The van der Waals surface area contributed by atoms with E-state index >= 15 is 0 Å². The molecule has 8 heterocycles. The number of hydrogen-bond donors (Lipinski definition) is 3. The maximum absolute atomic E-state index is 14.0. The second-order valence-corrected chi connectivity index (χ2v) is 27.6. The van der Waals surface area contributed by atoms with Gasteiger partial charge in [0.2, 0.25) is 23.4 Å². The van der Waals surface area contributed by atoms with Crippen molar-refractivity contribution in [1.29, 1.82) is 0 Å². The molecule has 10 rings (SSSR count). The van der Waals surface area contributed by atoms with E-state index in [0.717, 1.165) is 20.2 Å². The van der Waals surface area contributed by atoms with Crippen LogP contribution in [0.2, 0.25) is 10.0 Å². The van der Waals surface area contributed by atoms with Crippen LogP contribution in [0.25, 0.3) is 22.7 Å². The number of ether oxygens (including phenoxy) is 3. The van der Waals surface area contributed by atoms with E-state index in [1.54, 1.807) is 38.7 Å². The quantitative estimate of drug-likeness (QED) is 0.0862. The highest BCUT2D eigenvalue weighted by Gasteiger charge is 2.66. The van der Waals surface area contributed by atoms with E-state index in [-0.39, 0.29) is 91.3 Å². The van der Waals surface area contributed by atoms with Crippen LogP contribution in [0.4, 0.5) is 66.4 Å². The zero-order valence-electron chi connectivity index (χ0n) is 48.4. The molecule has 2 aromatic carbocycles. The molecule has 0 atom stereocenters. The first kappa shape index (κ1) is 66.3. The van der Waals surface area contributed by atoms with Crippen molar-refractivity contribution in [3.05, 3.63) is 102 Å². The molecule has 3 N–H and O–H groups in total.